The lowest BCUT2D eigenvalue weighted by Crippen LogP contribution is -2.30. The van der Waals surface area contributed by atoms with Crippen LogP contribution < -0.4 is 0 Å². The van der Waals surface area contributed by atoms with Crippen molar-refractivity contribution in [1.29, 1.82) is 0 Å². The Labute approximate surface area is 505 Å². The van der Waals surface area contributed by atoms with Crippen molar-refractivity contribution in [3.8, 4) is 0 Å². The average molecular weight is 1230 g/mol. The van der Waals surface area contributed by atoms with Crippen LogP contribution in [0.15, 0.2) is 0 Å². The molecule has 0 rings (SSSR count). The summed E-state index contributed by atoms with van der Waals surface area (Å²) in [7, 11) is -9.88. The summed E-state index contributed by atoms with van der Waals surface area (Å²) in [6.45, 7) is 11.6. The molecule has 3 unspecified atom stereocenters. The third-order valence-corrected chi connectivity index (χ3v) is 16.9. The maximum atomic E-state index is 13.0. The molecule has 0 aromatic rings. The fourth-order valence-corrected chi connectivity index (χ4v) is 11.0. The second-order valence-electron chi connectivity index (χ2n) is 24.3. The van der Waals surface area contributed by atoms with Gasteiger partial charge < -0.3 is 33.8 Å². The summed E-state index contributed by atoms with van der Waals surface area (Å²) in [4.78, 5) is 72.0. The number of carbonyl (C=O) groups excluding carboxylic acids is 4. The van der Waals surface area contributed by atoms with Crippen molar-refractivity contribution in [2.45, 2.75) is 330 Å². The molecule has 83 heavy (non-hydrogen) atoms. The first kappa shape index (κ1) is 81.1. The number of hydrogen-bond donors (Lipinski definition) is 3. The number of carbonyl (C=O) groups is 4. The Morgan fingerprint density at radius 2 is 0.614 bits per heavy atom. The number of aliphatic hydroxyl groups excluding tert-OH is 1. The standard InChI is InChI=1S/C64H124O17P2/c1-8-10-11-12-21-31-38-45-61(66)74-51-60(81-64(69)48-41-34-27-25-29-36-43-56(5)6)54-79-83(72,73)77-50-58(65)49-76-82(70,71)78-53-59(52-75-62(67)46-39-32-26-24-28-35-42-55(3)4)80-63(68)47-40-33-23-20-18-16-14-13-15-17-19-22-30-37-44-57(7)9-2/h55-60,65H,8-54H2,1-7H3,(H,70,71)(H,72,73)/t57?,58-,59-,60-/m1/s1. The fourth-order valence-electron chi connectivity index (χ4n) is 9.45. The van der Waals surface area contributed by atoms with E-state index in [1.807, 2.05) is 0 Å². The van der Waals surface area contributed by atoms with E-state index in [1.54, 1.807) is 0 Å². The number of esters is 4. The zero-order chi connectivity index (χ0) is 61.7. The Morgan fingerprint density at radius 3 is 0.916 bits per heavy atom. The molecular weight excluding hydrogens is 1100 g/mol. The SMILES string of the molecule is CCCCCCCCCC(=O)OC[C@H](COP(=O)(O)OC[C@H](O)COP(=O)(O)OC[C@@H](COC(=O)CCCCCCCCC(C)C)OC(=O)CCCCCCCCCCCCCCCCC(C)CC)OC(=O)CCCCCCCCC(C)C. The Morgan fingerprint density at radius 1 is 0.349 bits per heavy atom. The van der Waals surface area contributed by atoms with Gasteiger partial charge >= 0.3 is 39.5 Å². The number of unbranched alkanes of at least 4 members (excludes halogenated alkanes) is 29. The van der Waals surface area contributed by atoms with Gasteiger partial charge in [-0.25, -0.2) is 9.13 Å². The average Bonchev–Trinajstić information content (AvgIpc) is 3.44. The van der Waals surface area contributed by atoms with Crippen LogP contribution in [-0.2, 0) is 65.4 Å². The molecule has 0 aliphatic heterocycles. The summed E-state index contributed by atoms with van der Waals surface area (Å²) >= 11 is 0. The van der Waals surface area contributed by atoms with Crippen molar-refractivity contribution in [3.05, 3.63) is 0 Å². The maximum absolute atomic E-state index is 13.0. The van der Waals surface area contributed by atoms with Crippen LogP contribution in [0.5, 0.6) is 0 Å². The van der Waals surface area contributed by atoms with Crippen molar-refractivity contribution in [2.24, 2.45) is 17.8 Å². The van der Waals surface area contributed by atoms with E-state index in [4.69, 9.17) is 37.0 Å². The second kappa shape index (κ2) is 55.4. The summed E-state index contributed by atoms with van der Waals surface area (Å²) < 4.78 is 67.8. The highest BCUT2D eigenvalue weighted by Gasteiger charge is 2.30. The molecule has 492 valence electrons. The lowest BCUT2D eigenvalue weighted by Gasteiger charge is -2.21. The molecule has 0 amide bonds. The van der Waals surface area contributed by atoms with Crippen LogP contribution in [0.25, 0.3) is 0 Å². The van der Waals surface area contributed by atoms with Crippen molar-refractivity contribution < 1.29 is 80.2 Å². The van der Waals surface area contributed by atoms with Gasteiger partial charge in [-0.15, -0.1) is 0 Å². The Kier molecular flexibility index (Phi) is 54.1. The molecule has 3 N–H and O–H groups in total. The first-order valence-electron chi connectivity index (χ1n) is 33.4. The topological polar surface area (TPSA) is 237 Å². The van der Waals surface area contributed by atoms with Crippen LogP contribution >= 0.6 is 15.6 Å². The van der Waals surface area contributed by atoms with Gasteiger partial charge in [0.15, 0.2) is 12.2 Å². The minimum absolute atomic E-state index is 0.101. The van der Waals surface area contributed by atoms with Gasteiger partial charge in [0.25, 0.3) is 0 Å². The molecule has 0 heterocycles. The normalized spacial score (nSPS) is 14.7. The first-order chi connectivity index (χ1) is 39.8. The van der Waals surface area contributed by atoms with Gasteiger partial charge in [-0.05, 0) is 43.4 Å². The van der Waals surface area contributed by atoms with Crippen molar-refractivity contribution in [3.63, 3.8) is 0 Å². The smallest absolute Gasteiger partial charge is 0.462 e. The molecule has 0 fully saturated rings. The Bertz CT molecular complexity index is 1650. The molecule has 0 saturated carbocycles. The number of aliphatic hydroxyl groups is 1. The third kappa shape index (κ3) is 57.6. The molecule has 0 aromatic carbocycles. The monoisotopic (exact) mass is 1230 g/mol. The number of phosphoric acid groups is 2. The van der Waals surface area contributed by atoms with Crippen LogP contribution in [0.3, 0.4) is 0 Å². The summed E-state index contributed by atoms with van der Waals surface area (Å²) in [5, 5.41) is 10.5. The van der Waals surface area contributed by atoms with E-state index in [0.717, 1.165) is 115 Å². The minimum atomic E-state index is -4.94. The van der Waals surface area contributed by atoms with Crippen LogP contribution in [-0.4, -0.2) is 96.7 Å². The maximum Gasteiger partial charge on any atom is 0.472 e. The zero-order valence-electron chi connectivity index (χ0n) is 53.6. The second-order valence-corrected chi connectivity index (χ2v) is 27.3. The molecule has 0 bridgehead atoms. The van der Waals surface area contributed by atoms with Crippen LogP contribution in [0.2, 0.25) is 0 Å². The van der Waals surface area contributed by atoms with Gasteiger partial charge in [0.2, 0.25) is 0 Å². The highest BCUT2D eigenvalue weighted by atomic mass is 31.2. The van der Waals surface area contributed by atoms with Crippen LogP contribution in [0.1, 0.15) is 312 Å². The van der Waals surface area contributed by atoms with E-state index >= 15 is 0 Å². The van der Waals surface area contributed by atoms with E-state index in [2.05, 4.69) is 48.5 Å². The molecule has 0 saturated heterocycles. The van der Waals surface area contributed by atoms with Crippen molar-refractivity contribution >= 4 is 39.5 Å². The molecule has 19 heteroatoms. The zero-order valence-corrected chi connectivity index (χ0v) is 55.4. The summed E-state index contributed by atoms with van der Waals surface area (Å²) in [5.41, 5.74) is 0. The van der Waals surface area contributed by atoms with Gasteiger partial charge in [-0.1, -0.05) is 260 Å². The molecule has 0 aromatic heterocycles. The lowest BCUT2D eigenvalue weighted by molar-refractivity contribution is -0.161. The van der Waals surface area contributed by atoms with E-state index in [1.165, 1.54) is 103 Å². The van der Waals surface area contributed by atoms with Gasteiger partial charge in [0, 0.05) is 25.7 Å². The predicted octanol–water partition coefficient (Wildman–Crippen LogP) is 17.5. The summed E-state index contributed by atoms with van der Waals surface area (Å²) in [5.74, 6) is 0.0490. The van der Waals surface area contributed by atoms with E-state index < -0.39 is 97.5 Å². The van der Waals surface area contributed by atoms with Gasteiger partial charge in [-0.3, -0.25) is 37.3 Å². The highest BCUT2D eigenvalue weighted by Crippen LogP contribution is 2.45. The number of phosphoric ester groups is 2. The van der Waals surface area contributed by atoms with E-state index in [0.29, 0.717) is 37.5 Å². The molecule has 0 aliphatic carbocycles. The van der Waals surface area contributed by atoms with Crippen LogP contribution in [0, 0.1) is 17.8 Å². The van der Waals surface area contributed by atoms with E-state index in [-0.39, 0.29) is 25.7 Å². The number of hydrogen-bond acceptors (Lipinski definition) is 15. The first-order valence-corrected chi connectivity index (χ1v) is 36.4. The van der Waals surface area contributed by atoms with Gasteiger partial charge in [0.1, 0.15) is 19.3 Å². The van der Waals surface area contributed by atoms with Gasteiger partial charge in [-0.2, -0.15) is 0 Å². The Hall–Kier alpha value is -1.94. The number of rotatable bonds is 62. The number of ether oxygens (including phenoxy) is 4. The molecule has 0 spiro atoms. The molecular formula is C64H124O17P2. The molecule has 0 radical (unpaired) electrons. The highest BCUT2D eigenvalue weighted by molar-refractivity contribution is 7.47. The lowest BCUT2D eigenvalue weighted by atomic mass is 9.99. The quantitative estimate of drug-likeness (QED) is 0.0222. The fraction of sp³-hybridized carbons (Fsp3) is 0.938. The van der Waals surface area contributed by atoms with Gasteiger partial charge in [0.05, 0.1) is 26.4 Å². The third-order valence-electron chi connectivity index (χ3n) is 15.0. The van der Waals surface area contributed by atoms with Crippen LogP contribution in [0.4, 0.5) is 0 Å². The van der Waals surface area contributed by atoms with Crippen molar-refractivity contribution in [1.82, 2.24) is 0 Å². The minimum Gasteiger partial charge on any atom is -0.462 e. The summed E-state index contributed by atoms with van der Waals surface area (Å²) in [6.07, 6.45) is 36.6. The molecule has 0 aliphatic rings. The molecule has 17 nitrogen and oxygen atoms in total. The molecule has 6 atom stereocenters. The summed E-state index contributed by atoms with van der Waals surface area (Å²) in [6, 6.07) is 0. The largest absolute Gasteiger partial charge is 0.472 e. The van der Waals surface area contributed by atoms with Crippen molar-refractivity contribution in [2.75, 3.05) is 39.6 Å². The predicted molar refractivity (Wildman–Crippen MR) is 331 cm³/mol. The Balaban J connectivity index is 5.16. The van der Waals surface area contributed by atoms with E-state index in [9.17, 15) is 43.2 Å².